The number of ether oxygens (including phenoxy) is 2. The fraction of sp³-hybridized carbons (Fsp3) is 0.273. The Morgan fingerprint density at radius 2 is 2.33 bits per heavy atom. The lowest BCUT2D eigenvalue weighted by atomic mass is 10.1. The van der Waals surface area contributed by atoms with E-state index in [1.165, 1.54) is 6.07 Å². The van der Waals surface area contributed by atoms with Crippen molar-refractivity contribution in [2.45, 2.75) is 13.3 Å². The van der Waals surface area contributed by atoms with Gasteiger partial charge in [-0.2, -0.15) is 0 Å². The summed E-state index contributed by atoms with van der Waals surface area (Å²) in [7, 11) is 0. The molecule has 4 nitrogen and oxygen atoms in total. The molecule has 0 aromatic heterocycles. The van der Waals surface area contributed by atoms with Crippen LogP contribution in [-0.4, -0.2) is 18.4 Å². The van der Waals surface area contributed by atoms with Crippen molar-refractivity contribution in [1.82, 2.24) is 0 Å². The summed E-state index contributed by atoms with van der Waals surface area (Å²) in [5.74, 6) is 0.538. The van der Waals surface area contributed by atoms with Crippen molar-refractivity contribution in [3.8, 4) is 11.5 Å². The van der Waals surface area contributed by atoms with E-state index in [1.807, 2.05) is 0 Å². The Hall–Kier alpha value is -1.84. The Balaban J connectivity index is 2.25. The summed E-state index contributed by atoms with van der Waals surface area (Å²) in [6.45, 7) is 1.78. The van der Waals surface area contributed by atoms with Crippen molar-refractivity contribution in [2.75, 3.05) is 6.61 Å². The fourth-order valence-electron chi connectivity index (χ4n) is 1.34. The van der Waals surface area contributed by atoms with E-state index in [0.29, 0.717) is 23.5 Å². The molecular weight excluding hydrogens is 196 g/mol. The largest absolute Gasteiger partial charge is 0.485 e. The van der Waals surface area contributed by atoms with Gasteiger partial charge in [-0.05, 0) is 18.2 Å². The molecule has 78 valence electrons. The number of fused-ring (bicyclic) bond motifs is 1. The predicted octanol–water partition coefficient (Wildman–Crippen LogP) is 1.58. The highest BCUT2D eigenvalue weighted by Crippen LogP contribution is 2.28. The van der Waals surface area contributed by atoms with Crippen LogP contribution in [0.25, 0.3) is 0 Å². The number of hydrogen-bond acceptors (Lipinski definition) is 4. The molecular formula is C11H10O4. The quantitative estimate of drug-likeness (QED) is 0.544. The van der Waals surface area contributed by atoms with Crippen molar-refractivity contribution in [3.05, 3.63) is 23.8 Å². The summed E-state index contributed by atoms with van der Waals surface area (Å²) in [4.78, 5) is 22.3. The maximum Gasteiger partial charge on any atom is 0.310 e. The van der Waals surface area contributed by atoms with Gasteiger partial charge in [-0.25, -0.2) is 0 Å². The highest BCUT2D eigenvalue weighted by Gasteiger charge is 2.21. The number of ketones is 1. The zero-order valence-corrected chi connectivity index (χ0v) is 8.28. The van der Waals surface area contributed by atoms with E-state index in [9.17, 15) is 9.59 Å². The van der Waals surface area contributed by atoms with Crippen LogP contribution in [0, 0.1) is 0 Å². The summed E-state index contributed by atoms with van der Waals surface area (Å²) in [5.41, 5.74) is 0.483. The lowest BCUT2D eigenvalue weighted by molar-refractivity contribution is -0.134. The predicted molar refractivity (Wildman–Crippen MR) is 52.2 cm³/mol. The second-order valence-corrected chi connectivity index (χ2v) is 3.20. The van der Waals surface area contributed by atoms with Gasteiger partial charge < -0.3 is 9.47 Å². The number of benzene rings is 1. The van der Waals surface area contributed by atoms with Gasteiger partial charge in [0.1, 0.15) is 11.5 Å². The highest BCUT2D eigenvalue weighted by atomic mass is 16.5. The first-order chi connectivity index (χ1) is 7.20. The van der Waals surface area contributed by atoms with E-state index in [1.54, 1.807) is 19.1 Å². The third-order valence-electron chi connectivity index (χ3n) is 2.13. The SMILES string of the molecule is CCC(=O)Oc1ccc2c(c1)C(=O)CO2. The molecule has 0 fully saturated rings. The molecule has 0 bridgehead atoms. The maximum absolute atomic E-state index is 11.3. The first-order valence-corrected chi connectivity index (χ1v) is 4.71. The molecule has 0 N–H and O–H groups in total. The second-order valence-electron chi connectivity index (χ2n) is 3.20. The second kappa shape index (κ2) is 3.73. The molecule has 4 heteroatoms. The monoisotopic (exact) mass is 206 g/mol. The molecule has 0 spiro atoms. The summed E-state index contributed by atoms with van der Waals surface area (Å²) < 4.78 is 10.1. The normalized spacial score (nSPS) is 13.3. The molecule has 1 heterocycles. The number of rotatable bonds is 2. The Labute approximate surface area is 86.8 Å². The van der Waals surface area contributed by atoms with E-state index in [0.717, 1.165) is 0 Å². The van der Waals surface area contributed by atoms with Crippen molar-refractivity contribution >= 4 is 11.8 Å². The molecule has 0 unspecified atom stereocenters. The molecule has 0 amide bonds. The highest BCUT2D eigenvalue weighted by molar-refractivity contribution is 6.02. The van der Waals surface area contributed by atoms with Crippen LogP contribution in [0.4, 0.5) is 0 Å². The summed E-state index contributed by atoms with van der Waals surface area (Å²) in [5, 5.41) is 0. The van der Waals surface area contributed by atoms with E-state index in [2.05, 4.69) is 0 Å². The molecule has 1 aliphatic rings. The average Bonchev–Trinajstić information content (AvgIpc) is 2.60. The summed E-state index contributed by atoms with van der Waals surface area (Å²) in [6, 6.07) is 4.79. The third kappa shape index (κ3) is 1.83. The molecule has 1 aromatic carbocycles. The van der Waals surface area contributed by atoms with Gasteiger partial charge >= 0.3 is 5.97 Å². The third-order valence-corrected chi connectivity index (χ3v) is 2.13. The first kappa shape index (κ1) is 9.71. The van der Waals surface area contributed by atoms with Crippen LogP contribution in [0.1, 0.15) is 23.7 Å². The van der Waals surface area contributed by atoms with E-state index >= 15 is 0 Å². The topological polar surface area (TPSA) is 52.6 Å². The minimum Gasteiger partial charge on any atom is -0.485 e. The van der Waals surface area contributed by atoms with Crippen LogP contribution in [0.5, 0.6) is 11.5 Å². The summed E-state index contributed by atoms with van der Waals surface area (Å²) >= 11 is 0. The van der Waals surface area contributed by atoms with E-state index in [4.69, 9.17) is 9.47 Å². The Morgan fingerprint density at radius 3 is 3.07 bits per heavy atom. The molecule has 1 aromatic rings. The molecule has 2 rings (SSSR count). The summed E-state index contributed by atoms with van der Waals surface area (Å²) in [6.07, 6.45) is 0.307. The lowest BCUT2D eigenvalue weighted by Crippen LogP contribution is -2.06. The van der Waals surface area contributed by atoms with Crippen LogP contribution < -0.4 is 9.47 Å². The zero-order chi connectivity index (χ0) is 10.8. The lowest BCUT2D eigenvalue weighted by Gasteiger charge is -2.03. The van der Waals surface area contributed by atoms with E-state index < -0.39 is 0 Å². The number of hydrogen-bond donors (Lipinski definition) is 0. The van der Waals surface area contributed by atoms with Gasteiger partial charge in [0.15, 0.2) is 6.61 Å². The Morgan fingerprint density at radius 1 is 1.53 bits per heavy atom. The molecule has 0 saturated heterocycles. The van der Waals surface area contributed by atoms with Gasteiger partial charge in [-0.15, -0.1) is 0 Å². The molecule has 0 saturated carbocycles. The van der Waals surface area contributed by atoms with Gasteiger partial charge in [-0.1, -0.05) is 6.92 Å². The Bertz CT molecular complexity index is 423. The minimum absolute atomic E-state index is 0.0700. The van der Waals surface area contributed by atoms with Gasteiger partial charge in [-0.3, -0.25) is 9.59 Å². The van der Waals surface area contributed by atoms with E-state index in [-0.39, 0.29) is 18.4 Å². The average molecular weight is 206 g/mol. The maximum atomic E-state index is 11.3. The molecule has 0 atom stereocenters. The zero-order valence-electron chi connectivity index (χ0n) is 8.28. The van der Waals surface area contributed by atoms with Crippen LogP contribution in [0.2, 0.25) is 0 Å². The van der Waals surface area contributed by atoms with Crippen molar-refractivity contribution in [2.24, 2.45) is 0 Å². The molecule has 0 radical (unpaired) electrons. The molecule has 1 aliphatic heterocycles. The van der Waals surface area contributed by atoms with Gasteiger partial charge in [0.2, 0.25) is 5.78 Å². The Kier molecular flexibility index (Phi) is 2.41. The van der Waals surface area contributed by atoms with Crippen LogP contribution in [0.15, 0.2) is 18.2 Å². The van der Waals surface area contributed by atoms with Crippen molar-refractivity contribution < 1.29 is 19.1 Å². The van der Waals surface area contributed by atoms with Gasteiger partial charge in [0, 0.05) is 6.42 Å². The number of Topliss-reactive ketones (excluding diaryl/α,β-unsaturated/α-hetero) is 1. The molecule has 0 aliphatic carbocycles. The first-order valence-electron chi connectivity index (χ1n) is 4.71. The van der Waals surface area contributed by atoms with Crippen molar-refractivity contribution in [3.63, 3.8) is 0 Å². The number of carbonyl (C=O) groups is 2. The van der Waals surface area contributed by atoms with Gasteiger partial charge in [0.05, 0.1) is 5.56 Å². The van der Waals surface area contributed by atoms with Gasteiger partial charge in [0.25, 0.3) is 0 Å². The smallest absolute Gasteiger partial charge is 0.310 e. The minimum atomic E-state index is -0.318. The van der Waals surface area contributed by atoms with Crippen LogP contribution >= 0.6 is 0 Å². The number of carbonyl (C=O) groups excluding carboxylic acids is 2. The van der Waals surface area contributed by atoms with Crippen LogP contribution in [-0.2, 0) is 4.79 Å². The number of esters is 1. The standard InChI is InChI=1S/C11H10O4/c1-2-11(13)15-7-3-4-10-8(5-7)9(12)6-14-10/h3-5H,2,6H2,1H3. The van der Waals surface area contributed by atoms with Crippen LogP contribution in [0.3, 0.4) is 0 Å². The molecule has 15 heavy (non-hydrogen) atoms. The fourth-order valence-corrected chi connectivity index (χ4v) is 1.34. The van der Waals surface area contributed by atoms with Crippen molar-refractivity contribution in [1.29, 1.82) is 0 Å².